The Kier molecular flexibility index (Phi) is 5.15. The Morgan fingerprint density at radius 1 is 1.45 bits per heavy atom. The summed E-state index contributed by atoms with van der Waals surface area (Å²) in [6.07, 6.45) is 5.29. The predicted molar refractivity (Wildman–Crippen MR) is 79.4 cm³/mol. The minimum Gasteiger partial charge on any atom is -0.340 e. The highest BCUT2D eigenvalue weighted by molar-refractivity contribution is 6.30. The van der Waals surface area contributed by atoms with Crippen molar-refractivity contribution >= 4 is 11.6 Å². The molecule has 5 heteroatoms. The number of hydrogen-bond acceptors (Lipinski definition) is 2. The Labute approximate surface area is 123 Å². The van der Waals surface area contributed by atoms with E-state index in [0.29, 0.717) is 17.0 Å². The van der Waals surface area contributed by atoms with Gasteiger partial charge in [0.25, 0.3) is 0 Å². The van der Waals surface area contributed by atoms with Crippen molar-refractivity contribution in [3.8, 4) is 0 Å². The van der Waals surface area contributed by atoms with Crippen molar-refractivity contribution in [2.45, 2.75) is 25.8 Å². The van der Waals surface area contributed by atoms with E-state index in [2.05, 4.69) is 17.2 Å². The lowest BCUT2D eigenvalue weighted by molar-refractivity contribution is 0.504. The Morgan fingerprint density at radius 2 is 2.25 bits per heavy atom. The minimum atomic E-state index is -0.267. The molecule has 0 spiro atoms. The van der Waals surface area contributed by atoms with Gasteiger partial charge in [-0.15, -0.1) is 0 Å². The van der Waals surface area contributed by atoms with Crippen LogP contribution in [0.2, 0.25) is 5.02 Å². The molecule has 1 heterocycles. The second kappa shape index (κ2) is 6.86. The molecule has 2 rings (SSSR count). The fourth-order valence-corrected chi connectivity index (χ4v) is 2.28. The first-order valence-corrected chi connectivity index (χ1v) is 7.13. The van der Waals surface area contributed by atoms with E-state index in [1.165, 1.54) is 6.07 Å². The van der Waals surface area contributed by atoms with Gasteiger partial charge < -0.3 is 9.88 Å². The first-order chi connectivity index (χ1) is 9.60. The fourth-order valence-electron chi connectivity index (χ4n) is 2.12. The van der Waals surface area contributed by atoms with E-state index in [-0.39, 0.29) is 11.9 Å². The summed E-state index contributed by atoms with van der Waals surface area (Å²) in [7, 11) is 1.93. The molecule has 0 bridgehead atoms. The van der Waals surface area contributed by atoms with E-state index in [0.717, 1.165) is 18.7 Å². The summed E-state index contributed by atoms with van der Waals surface area (Å²) in [6, 6.07) is 4.81. The molecular weight excluding hydrogens is 277 g/mol. The van der Waals surface area contributed by atoms with Crippen molar-refractivity contribution in [3.05, 3.63) is 52.8 Å². The molecule has 0 aliphatic rings. The van der Waals surface area contributed by atoms with E-state index in [1.54, 1.807) is 18.5 Å². The van der Waals surface area contributed by atoms with Gasteiger partial charge in [0.1, 0.15) is 5.82 Å². The van der Waals surface area contributed by atoms with Crippen LogP contribution in [0.5, 0.6) is 0 Å². The molecule has 1 aromatic carbocycles. The Balaban J connectivity index is 2.18. The topological polar surface area (TPSA) is 29.9 Å². The zero-order valence-electron chi connectivity index (χ0n) is 11.7. The van der Waals surface area contributed by atoms with Crippen molar-refractivity contribution < 1.29 is 4.39 Å². The van der Waals surface area contributed by atoms with Crippen LogP contribution in [0.3, 0.4) is 0 Å². The van der Waals surface area contributed by atoms with Crippen LogP contribution in [0, 0.1) is 5.82 Å². The summed E-state index contributed by atoms with van der Waals surface area (Å²) in [4.78, 5) is 4.36. The molecule has 0 fully saturated rings. The number of nitrogens with zero attached hydrogens (tertiary/aromatic N) is 2. The summed E-state index contributed by atoms with van der Waals surface area (Å²) in [5.41, 5.74) is 1.57. The summed E-state index contributed by atoms with van der Waals surface area (Å²) in [5.74, 6) is -0.267. The molecule has 0 saturated heterocycles. The van der Waals surface area contributed by atoms with E-state index >= 15 is 0 Å². The van der Waals surface area contributed by atoms with Gasteiger partial charge in [-0.2, -0.15) is 0 Å². The third-order valence-corrected chi connectivity index (χ3v) is 3.40. The average molecular weight is 296 g/mol. The highest BCUT2D eigenvalue weighted by atomic mass is 35.5. The van der Waals surface area contributed by atoms with Crippen molar-refractivity contribution in [1.82, 2.24) is 14.9 Å². The minimum absolute atomic E-state index is 0.00632. The highest BCUT2D eigenvalue weighted by Gasteiger charge is 2.16. The van der Waals surface area contributed by atoms with Gasteiger partial charge in [-0.3, -0.25) is 0 Å². The second-order valence-corrected chi connectivity index (χ2v) is 5.35. The zero-order valence-corrected chi connectivity index (χ0v) is 12.5. The fraction of sp³-hybridized carbons (Fsp3) is 0.400. The molecule has 1 unspecified atom stereocenters. The molecule has 0 aliphatic heterocycles. The van der Waals surface area contributed by atoms with Crippen molar-refractivity contribution in [1.29, 1.82) is 0 Å². The molecule has 2 aromatic rings. The van der Waals surface area contributed by atoms with Crippen molar-refractivity contribution in [3.63, 3.8) is 0 Å². The number of nitrogens with one attached hydrogen (secondary N) is 1. The predicted octanol–water partition coefficient (Wildman–Crippen LogP) is 3.50. The number of hydrogen-bond donors (Lipinski definition) is 1. The van der Waals surface area contributed by atoms with Crippen LogP contribution in [-0.4, -0.2) is 16.1 Å². The largest absolute Gasteiger partial charge is 0.340 e. The lowest BCUT2D eigenvalue weighted by Gasteiger charge is -2.17. The lowest BCUT2D eigenvalue weighted by atomic mass is 10.0. The van der Waals surface area contributed by atoms with Gasteiger partial charge in [0.2, 0.25) is 0 Å². The molecular formula is C15H19ClFN3. The average Bonchev–Trinajstić information content (AvgIpc) is 2.83. The molecule has 0 amide bonds. The SMILES string of the molecule is CCCNC(Cc1ccc(Cl)cc1F)c1cn(C)cn1. The maximum atomic E-state index is 13.9. The maximum absolute atomic E-state index is 13.9. The second-order valence-electron chi connectivity index (χ2n) is 4.91. The van der Waals surface area contributed by atoms with Crippen LogP contribution in [0.25, 0.3) is 0 Å². The maximum Gasteiger partial charge on any atom is 0.127 e. The number of benzene rings is 1. The Morgan fingerprint density at radius 3 is 2.85 bits per heavy atom. The smallest absolute Gasteiger partial charge is 0.127 e. The standard InChI is InChI=1S/C15H19ClFN3/c1-3-6-18-14(15-9-20(2)10-19-15)7-11-4-5-12(16)8-13(11)17/h4-5,8-10,14,18H,3,6-7H2,1-2H3. The van der Waals surface area contributed by atoms with Gasteiger partial charge >= 0.3 is 0 Å². The summed E-state index contributed by atoms with van der Waals surface area (Å²) in [6.45, 7) is 2.97. The van der Waals surface area contributed by atoms with Crippen LogP contribution in [-0.2, 0) is 13.5 Å². The van der Waals surface area contributed by atoms with Gasteiger partial charge in [-0.05, 0) is 37.1 Å². The molecule has 0 radical (unpaired) electrons. The summed E-state index contributed by atoms with van der Waals surface area (Å²) < 4.78 is 15.8. The summed E-state index contributed by atoms with van der Waals surface area (Å²) >= 11 is 5.79. The molecule has 3 nitrogen and oxygen atoms in total. The number of aryl methyl sites for hydroxylation is 1. The van der Waals surface area contributed by atoms with E-state index in [4.69, 9.17) is 11.6 Å². The van der Waals surface area contributed by atoms with Gasteiger partial charge in [0, 0.05) is 18.3 Å². The molecule has 1 atom stereocenters. The Bertz CT molecular complexity index is 568. The zero-order chi connectivity index (χ0) is 14.5. The molecule has 1 N–H and O–H groups in total. The first-order valence-electron chi connectivity index (χ1n) is 6.75. The first kappa shape index (κ1) is 15.0. The van der Waals surface area contributed by atoms with Gasteiger partial charge in [-0.1, -0.05) is 24.6 Å². The van der Waals surface area contributed by atoms with Crippen LogP contribution in [0.1, 0.15) is 30.6 Å². The molecule has 108 valence electrons. The normalized spacial score (nSPS) is 12.6. The Hall–Kier alpha value is -1.39. The van der Waals surface area contributed by atoms with E-state index in [9.17, 15) is 4.39 Å². The monoisotopic (exact) mass is 295 g/mol. The highest BCUT2D eigenvalue weighted by Crippen LogP contribution is 2.21. The van der Waals surface area contributed by atoms with Crippen LogP contribution < -0.4 is 5.32 Å². The molecule has 0 saturated carbocycles. The van der Waals surface area contributed by atoms with E-state index in [1.807, 2.05) is 17.8 Å². The molecule has 1 aromatic heterocycles. The van der Waals surface area contributed by atoms with E-state index < -0.39 is 0 Å². The van der Waals surface area contributed by atoms with Gasteiger partial charge in [0.05, 0.1) is 18.1 Å². The summed E-state index contributed by atoms with van der Waals surface area (Å²) in [5, 5.41) is 3.83. The lowest BCUT2D eigenvalue weighted by Crippen LogP contribution is -2.24. The van der Waals surface area contributed by atoms with Crippen LogP contribution in [0.4, 0.5) is 4.39 Å². The third kappa shape index (κ3) is 3.81. The van der Waals surface area contributed by atoms with Crippen molar-refractivity contribution in [2.75, 3.05) is 6.54 Å². The molecule has 20 heavy (non-hydrogen) atoms. The van der Waals surface area contributed by atoms with Crippen molar-refractivity contribution in [2.24, 2.45) is 7.05 Å². The van der Waals surface area contributed by atoms with Gasteiger partial charge in [-0.25, -0.2) is 9.37 Å². The number of rotatable bonds is 6. The van der Waals surface area contributed by atoms with Crippen LogP contribution in [0.15, 0.2) is 30.7 Å². The molecule has 0 aliphatic carbocycles. The number of imidazole rings is 1. The van der Waals surface area contributed by atoms with Gasteiger partial charge in [0.15, 0.2) is 0 Å². The number of aromatic nitrogens is 2. The third-order valence-electron chi connectivity index (χ3n) is 3.16. The number of halogens is 2. The van der Waals surface area contributed by atoms with Crippen LogP contribution >= 0.6 is 11.6 Å². The quantitative estimate of drug-likeness (QED) is 0.884.